The van der Waals surface area contributed by atoms with E-state index in [9.17, 15) is 19.1 Å². The number of aliphatic imine (C=N–C) groups is 1. The summed E-state index contributed by atoms with van der Waals surface area (Å²) in [5.74, 6) is -1.64. The van der Waals surface area contributed by atoms with Gasteiger partial charge in [-0.15, -0.1) is 16.8 Å². The number of nitrogens with zero attached hydrogens (tertiary/aromatic N) is 5. The lowest BCUT2D eigenvalue weighted by Crippen LogP contribution is -2.55. The van der Waals surface area contributed by atoms with E-state index >= 15 is 0 Å². The summed E-state index contributed by atoms with van der Waals surface area (Å²) in [6, 6.07) is 10.0. The molecule has 0 spiro atoms. The second kappa shape index (κ2) is 9.27. The minimum atomic E-state index is -0.985. The molecule has 11 heteroatoms. The molecule has 1 aliphatic rings. The van der Waals surface area contributed by atoms with Crippen molar-refractivity contribution in [3.63, 3.8) is 0 Å². The Morgan fingerprint density at radius 1 is 1.32 bits per heavy atom. The summed E-state index contributed by atoms with van der Waals surface area (Å²) in [6.07, 6.45) is 1.96. The number of ether oxygens (including phenoxy) is 1. The standard InChI is InChI=1S/C20H16FN5O4S/c1-30-20(29)26-19(28)17(18(31-2)24-13-5-3-12(21)4-6-13)16(27)11-25(26)15-8-7-14(9-22)23-10-15/h3-8,10,27H,11H2,1-2H3. The number of nitriles is 1. The predicted octanol–water partition coefficient (Wildman–Crippen LogP) is 3.33. The molecule has 0 aliphatic carbocycles. The van der Waals surface area contributed by atoms with Crippen molar-refractivity contribution in [3.8, 4) is 6.07 Å². The van der Waals surface area contributed by atoms with E-state index in [4.69, 9.17) is 10.00 Å². The van der Waals surface area contributed by atoms with Crippen molar-refractivity contribution in [3.05, 3.63) is 65.4 Å². The number of benzene rings is 1. The molecule has 1 aromatic carbocycles. The smallest absolute Gasteiger partial charge is 0.436 e. The van der Waals surface area contributed by atoms with Crippen LogP contribution in [-0.4, -0.2) is 52.1 Å². The number of hydrazine groups is 1. The number of rotatable bonds is 3. The lowest BCUT2D eigenvalue weighted by molar-refractivity contribution is -0.126. The van der Waals surface area contributed by atoms with Crippen LogP contribution < -0.4 is 5.01 Å². The molecule has 2 heterocycles. The number of aliphatic hydroxyl groups is 1. The number of hydrogen-bond donors (Lipinski definition) is 1. The Morgan fingerprint density at radius 3 is 2.58 bits per heavy atom. The van der Waals surface area contributed by atoms with Crippen molar-refractivity contribution < 1.29 is 23.8 Å². The summed E-state index contributed by atoms with van der Waals surface area (Å²) in [5, 5.41) is 21.6. The van der Waals surface area contributed by atoms with Gasteiger partial charge >= 0.3 is 6.09 Å². The topological polar surface area (TPSA) is 119 Å². The molecule has 158 valence electrons. The SMILES string of the molecule is COC(=O)N1C(=O)C(C(=Nc2ccc(F)cc2)SC)=C(O)CN1c1ccc(C#N)nc1. The number of anilines is 1. The summed E-state index contributed by atoms with van der Waals surface area (Å²) >= 11 is 1.08. The van der Waals surface area contributed by atoms with Crippen LogP contribution in [0.3, 0.4) is 0 Å². The summed E-state index contributed by atoms with van der Waals surface area (Å²) < 4.78 is 17.9. The number of carbonyl (C=O) groups excluding carboxylic acids is 2. The number of aromatic nitrogens is 1. The van der Waals surface area contributed by atoms with Gasteiger partial charge < -0.3 is 9.84 Å². The molecule has 1 aromatic heterocycles. The average molecular weight is 441 g/mol. The fourth-order valence-corrected chi connectivity index (χ4v) is 3.37. The van der Waals surface area contributed by atoms with Crippen LogP contribution in [0.15, 0.2) is 58.9 Å². The Kier molecular flexibility index (Phi) is 6.52. The number of thioether (sulfide) groups is 1. The molecule has 3 rings (SSSR count). The Balaban J connectivity index is 2.07. The van der Waals surface area contributed by atoms with E-state index < -0.39 is 17.8 Å². The van der Waals surface area contributed by atoms with Crippen molar-refractivity contribution in [1.29, 1.82) is 5.26 Å². The summed E-state index contributed by atoms with van der Waals surface area (Å²) in [6.45, 7) is -0.257. The van der Waals surface area contributed by atoms with E-state index in [-0.39, 0.29) is 34.3 Å². The Bertz CT molecular complexity index is 1110. The maximum atomic E-state index is 13.2. The number of imide groups is 1. The number of methoxy groups -OCH3 is 1. The molecule has 31 heavy (non-hydrogen) atoms. The van der Waals surface area contributed by atoms with E-state index in [1.165, 1.54) is 47.6 Å². The van der Waals surface area contributed by atoms with Crippen LogP contribution in [0.1, 0.15) is 5.69 Å². The highest BCUT2D eigenvalue weighted by atomic mass is 32.2. The molecule has 0 saturated heterocycles. The molecule has 9 nitrogen and oxygen atoms in total. The zero-order valence-electron chi connectivity index (χ0n) is 16.4. The quantitative estimate of drug-likeness (QED) is 0.569. The fourth-order valence-electron chi connectivity index (χ4n) is 2.76. The highest BCUT2D eigenvalue weighted by molar-refractivity contribution is 8.14. The molecule has 0 unspecified atom stereocenters. The number of hydrogen-bond acceptors (Lipinski definition) is 9. The van der Waals surface area contributed by atoms with E-state index in [0.717, 1.165) is 18.9 Å². The van der Waals surface area contributed by atoms with Gasteiger partial charge in [0.25, 0.3) is 5.91 Å². The van der Waals surface area contributed by atoms with Crippen LogP contribution in [-0.2, 0) is 9.53 Å². The normalized spacial score (nSPS) is 14.5. The van der Waals surface area contributed by atoms with Crippen molar-refractivity contribution in [2.24, 2.45) is 4.99 Å². The Hall–Kier alpha value is -3.91. The lowest BCUT2D eigenvalue weighted by Gasteiger charge is -2.37. The summed E-state index contributed by atoms with van der Waals surface area (Å²) in [7, 11) is 1.12. The third-order valence-corrected chi connectivity index (χ3v) is 4.89. The van der Waals surface area contributed by atoms with Crippen LogP contribution in [0.5, 0.6) is 0 Å². The van der Waals surface area contributed by atoms with E-state index in [1.54, 1.807) is 6.26 Å². The zero-order chi connectivity index (χ0) is 22.5. The second-order valence-electron chi connectivity index (χ2n) is 6.08. The third kappa shape index (κ3) is 4.49. The molecule has 2 amide bonds. The minimum absolute atomic E-state index is 0.139. The Morgan fingerprint density at radius 2 is 2.03 bits per heavy atom. The van der Waals surface area contributed by atoms with Crippen molar-refractivity contribution in [1.82, 2.24) is 9.99 Å². The Labute approximate surface area is 181 Å². The summed E-state index contributed by atoms with van der Waals surface area (Å²) in [4.78, 5) is 33.9. The monoisotopic (exact) mass is 441 g/mol. The predicted molar refractivity (Wildman–Crippen MR) is 112 cm³/mol. The number of carbonyl (C=O) groups is 2. The van der Waals surface area contributed by atoms with Crippen molar-refractivity contribution in [2.45, 2.75) is 0 Å². The van der Waals surface area contributed by atoms with E-state index in [1.807, 2.05) is 6.07 Å². The van der Waals surface area contributed by atoms with E-state index in [2.05, 4.69) is 9.98 Å². The number of halogens is 1. The first-order valence-corrected chi connectivity index (χ1v) is 9.98. The third-order valence-electron chi connectivity index (χ3n) is 4.21. The van der Waals surface area contributed by atoms with Gasteiger partial charge in [0.1, 0.15) is 34.0 Å². The molecule has 2 aromatic rings. The molecule has 0 fully saturated rings. The van der Waals surface area contributed by atoms with Crippen LogP contribution in [0.25, 0.3) is 0 Å². The molecule has 0 saturated carbocycles. The molecule has 1 aliphatic heterocycles. The summed E-state index contributed by atoms with van der Waals surface area (Å²) in [5.41, 5.74) is 0.611. The fraction of sp³-hybridized carbons (Fsp3) is 0.150. The van der Waals surface area contributed by atoms with Gasteiger partial charge in [-0.05, 0) is 42.7 Å². The van der Waals surface area contributed by atoms with Gasteiger partial charge in [0.15, 0.2) is 0 Å². The molecule has 0 bridgehead atoms. The van der Waals surface area contributed by atoms with Gasteiger partial charge in [0, 0.05) is 0 Å². The van der Waals surface area contributed by atoms with Crippen LogP contribution in [0, 0.1) is 17.1 Å². The number of amides is 2. The van der Waals surface area contributed by atoms with Gasteiger partial charge in [-0.2, -0.15) is 5.26 Å². The molecule has 1 N–H and O–H groups in total. The maximum absolute atomic E-state index is 13.2. The van der Waals surface area contributed by atoms with Crippen LogP contribution >= 0.6 is 11.8 Å². The molecule has 0 atom stereocenters. The average Bonchev–Trinajstić information content (AvgIpc) is 2.78. The van der Waals surface area contributed by atoms with Gasteiger partial charge in [-0.25, -0.2) is 19.2 Å². The lowest BCUT2D eigenvalue weighted by atomic mass is 10.1. The molecular formula is C20H16FN5O4S. The van der Waals surface area contributed by atoms with Crippen molar-refractivity contribution in [2.75, 3.05) is 24.9 Å². The highest BCUT2D eigenvalue weighted by Gasteiger charge is 2.40. The maximum Gasteiger partial charge on any atom is 0.436 e. The van der Waals surface area contributed by atoms with E-state index in [0.29, 0.717) is 10.7 Å². The molecular weight excluding hydrogens is 425 g/mol. The van der Waals surface area contributed by atoms with Gasteiger partial charge in [0.05, 0.1) is 31.2 Å². The largest absolute Gasteiger partial charge is 0.509 e. The first kappa shape index (κ1) is 21.8. The number of pyridine rings is 1. The van der Waals surface area contributed by atoms with Gasteiger partial charge in [-0.1, -0.05) is 0 Å². The van der Waals surface area contributed by atoms with Crippen LogP contribution in [0.4, 0.5) is 20.6 Å². The number of aliphatic hydroxyl groups excluding tert-OH is 1. The van der Waals surface area contributed by atoms with Crippen LogP contribution in [0.2, 0.25) is 0 Å². The van der Waals surface area contributed by atoms with Gasteiger partial charge in [-0.3, -0.25) is 9.80 Å². The molecule has 0 radical (unpaired) electrons. The minimum Gasteiger partial charge on any atom is -0.509 e. The van der Waals surface area contributed by atoms with Crippen molar-refractivity contribution >= 4 is 40.2 Å². The highest BCUT2D eigenvalue weighted by Crippen LogP contribution is 2.29. The first-order valence-electron chi connectivity index (χ1n) is 8.76. The zero-order valence-corrected chi connectivity index (χ0v) is 17.3. The second-order valence-corrected chi connectivity index (χ2v) is 6.87. The van der Waals surface area contributed by atoms with Gasteiger partial charge in [0.2, 0.25) is 0 Å². The first-order chi connectivity index (χ1) is 14.9.